The zero-order valence-electron chi connectivity index (χ0n) is 8.86. The van der Waals surface area contributed by atoms with E-state index in [1.807, 2.05) is 24.0 Å². The van der Waals surface area contributed by atoms with Crippen LogP contribution in [0.15, 0.2) is 29.2 Å². The van der Waals surface area contributed by atoms with Crippen molar-refractivity contribution in [2.75, 3.05) is 17.4 Å². The van der Waals surface area contributed by atoms with Gasteiger partial charge in [-0.1, -0.05) is 13.0 Å². The molecule has 1 aromatic heterocycles. The molecule has 0 spiro atoms. The monoisotopic (exact) mass is 245 g/mol. The summed E-state index contributed by atoms with van der Waals surface area (Å²) in [4.78, 5) is 11.3. The Bertz CT molecular complexity index is 339. The summed E-state index contributed by atoms with van der Waals surface area (Å²) in [5.74, 6) is 3.28. The van der Waals surface area contributed by atoms with E-state index in [2.05, 4.69) is 6.92 Å². The second-order valence-electron chi connectivity index (χ2n) is 3.57. The minimum absolute atomic E-state index is 0.0727. The summed E-state index contributed by atoms with van der Waals surface area (Å²) < 4.78 is 1.73. The zero-order valence-corrected chi connectivity index (χ0v) is 10.4. The first-order valence-electron chi connectivity index (χ1n) is 5.03. The van der Waals surface area contributed by atoms with E-state index < -0.39 is 0 Å². The molecular formula is C11H16ClNOS. The molecule has 0 radical (unpaired) electrons. The molecule has 0 aromatic carbocycles. The molecule has 84 valence electrons. The van der Waals surface area contributed by atoms with Crippen molar-refractivity contribution in [2.45, 2.75) is 13.5 Å². The van der Waals surface area contributed by atoms with Gasteiger partial charge in [0.1, 0.15) is 0 Å². The van der Waals surface area contributed by atoms with Crippen LogP contribution in [0.2, 0.25) is 0 Å². The van der Waals surface area contributed by atoms with Gasteiger partial charge >= 0.3 is 0 Å². The third-order valence-electron chi connectivity index (χ3n) is 2.04. The van der Waals surface area contributed by atoms with E-state index >= 15 is 0 Å². The number of pyridine rings is 1. The van der Waals surface area contributed by atoms with Gasteiger partial charge in [0.25, 0.3) is 5.56 Å². The van der Waals surface area contributed by atoms with E-state index in [1.54, 1.807) is 16.7 Å². The minimum Gasteiger partial charge on any atom is -0.315 e. The molecule has 0 amide bonds. The van der Waals surface area contributed by atoms with Crippen molar-refractivity contribution in [2.24, 2.45) is 5.92 Å². The summed E-state index contributed by atoms with van der Waals surface area (Å²) in [7, 11) is 0. The second-order valence-corrected chi connectivity index (χ2v) is 5.03. The van der Waals surface area contributed by atoms with Gasteiger partial charge in [0.05, 0.1) is 0 Å². The molecule has 1 rings (SSSR count). The summed E-state index contributed by atoms with van der Waals surface area (Å²) in [5, 5.41) is 0. The van der Waals surface area contributed by atoms with Crippen LogP contribution in [-0.2, 0) is 6.54 Å². The quantitative estimate of drug-likeness (QED) is 0.567. The maximum atomic E-state index is 11.3. The number of nitrogens with zero attached hydrogens (tertiary/aromatic N) is 1. The number of thioether (sulfide) groups is 1. The van der Waals surface area contributed by atoms with Crippen LogP contribution in [0.1, 0.15) is 6.92 Å². The summed E-state index contributed by atoms with van der Waals surface area (Å²) >= 11 is 7.55. The summed E-state index contributed by atoms with van der Waals surface area (Å²) in [6, 6.07) is 5.24. The van der Waals surface area contributed by atoms with Crippen molar-refractivity contribution in [1.29, 1.82) is 0 Å². The van der Waals surface area contributed by atoms with E-state index in [0.29, 0.717) is 11.8 Å². The smallest absolute Gasteiger partial charge is 0.250 e. The van der Waals surface area contributed by atoms with Crippen molar-refractivity contribution in [3.05, 3.63) is 34.7 Å². The molecule has 15 heavy (non-hydrogen) atoms. The Morgan fingerprint density at radius 3 is 3.00 bits per heavy atom. The Kier molecular flexibility index (Phi) is 5.88. The third-order valence-corrected chi connectivity index (χ3v) is 3.84. The second kappa shape index (κ2) is 6.96. The third kappa shape index (κ3) is 4.76. The van der Waals surface area contributed by atoms with Crippen LogP contribution in [0.25, 0.3) is 0 Å². The molecule has 1 heterocycles. The van der Waals surface area contributed by atoms with Crippen molar-refractivity contribution in [3.8, 4) is 0 Å². The molecule has 0 fully saturated rings. The Morgan fingerprint density at radius 2 is 2.33 bits per heavy atom. The van der Waals surface area contributed by atoms with Gasteiger partial charge in [0, 0.05) is 30.4 Å². The number of hydrogen-bond acceptors (Lipinski definition) is 2. The molecule has 0 aliphatic carbocycles. The molecule has 1 atom stereocenters. The van der Waals surface area contributed by atoms with Crippen molar-refractivity contribution in [3.63, 3.8) is 0 Å². The minimum atomic E-state index is 0.0727. The molecule has 2 nitrogen and oxygen atoms in total. The fourth-order valence-electron chi connectivity index (χ4n) is 1.14. The van der Waals surface area contributed by atoms with Crippen molar-refractivity contribution in [1.82, 2.24) is 4.57 Å². The Balaban J connectivity index is 2.26. The molecule has 0 N–H and O–H groups in total. The largest absolute Gasteiger partial charge is 0.315 e. The SMILES string of the molecule is CC(CCl)CSCCn1ccccc1=O. The Labute approximate surface area is 99.6 Å². The summed E-state index contributed by atoms with van der Waals surface area (Å²) in [6.45, 7) is 2.91. The van der Waals surface area contributed by atoms with E-state index in [9.17, 15) is 4.79 Å². The fourth-order valence-corrected chi connectivity index (χ4v) is 2.39. The van der Waals surface area contributed by atoms with Crippen LogP contribution < -0.4 is 5.56 Å². The van der Waals surface area contributed by atoms with Gasteiger partial charge < -0.3 is 4.57 Å². The van der Waals surface area contributed by atoms with Gasteiger partial charge in [-0.15, -0.1) is 11.6 Å². The molecule has 0 bridgehead atoms. The molecule has 1 aromatic rings. The Hall–Kier alpha value is -0.410. The number of rotatable bonds is 6. The Morgan fingerprint density at radius 1 is 1.53 bits per heavy atom. The first-order chi connectivity index (χ1) is 7.24. The van der Waals surface area contributed by atoms with E-state index in [-0.39, 0.29) is 5.56 Å². The lowest BCUT2D eigenvalue weighted by molar-refractivity contribution is 0.727. The fraction of sp³-hybridized carbons (Fsp3) is 0.545. The summed E-state index contributed by atoms with van der Waals surface area (Å²) in [6.07, 6.45) is 1.83. The van der Waals surface area contributed by atoms with Crippen LogP contribution in [0, 0.1) is 5.92 Å². The molecule has 0 aliphatic heterocycles. The lowest BCUT2D eigenvalue weighted by atomic mass is 10.3. The highest BCUT2D eigenvalue weighted by atomic mass is 35.5. The van der Waals surface area contributed by atoms with Crippen LogP contribution in [0.4, 0.5) is 0 Å². The van der Waals surface area contributed by atoms with Gasteiger partial charge in [-0.25, -0.2) is 0 Å². The van der Waals surface area contributed by atoms with Crippen molar-refractivity contribution < 1.29 is 0 Å². The number of aromatic nitrogens is 1. The standard InChI is InChI=1S/C11H16ClNOS/c1-10(8-12)9-15-7-6-13-5-3-2-4-11(13)14/h2-5,10H,6-9H2,1H3. The summed E-state index contributed by atoms with van der Waals surface area (Å²) in [5.41, 5.74) is 0.0727. The maximum Gasteiger partial charge on any atom is 0.250 e. The van der Waals surface area contributed by atoms with Gasteiger partial charge in [-0.05, 0) is 17.7 Å². The first-order valence-corrected chi connectivity index (χ1v) is 6.72. The number of alkyl halides is 1. The van der Waals surface area contributed by atoms with Crippen LogP contribution in [0.5, 0.6) is 0 Å². The van der Waals surface area contributed by atoms with Gasteiger partial charge in [0.2, 0.25) is 0 Å². The molecule has 1 unspecified atom stereocenters. The average molecular weight is 246 g/mol. The average Bonchev–Trinajstić information content (AvgIpc) is 2.26. The number of hydrogen-bond donors (Lipinski definition) is 0. The maximum absolute atomic E-state index is 11.3. The van der Waals surface area contributed by atoms with Gasteiger partial charge in [-0.2, -0.15) is 11.8 Å². The number of aryl methyl sites for hydroxylation is 1. The van der Waals surface area contributed by atoms with Crippen LogP contribution in [0.3, 0.4) is 0 Å². The molecule has 4 heteroatoms. The van der Waals surface area contributed by atoms with E-state index in [4.69, 9.17) is 11.6 Å². The number of halogens is 1. The highest BCUT2D eigenvalue weighted by Crippen LogP contribution is 2.09. The van der Waals surface area contributed by atoms with Gasteiger partial charge in [0.15, 0.2) is 0 Å². The predicted molar refractivity (Wildman–Crippen MR) is 67.9 cm³/mol. The van der Waals surface area contributed by atoms with Crippen LogP contribution in [-0.4, -0.2) is 22.0 Å². The van der Waals surface area contributed by atoms with Gasteiger partial charge in [-0.3, -0.25) is 4.79 Å². The predicted octanol–water partition coefficient (Wildman–Crippen LogP) is 2.46. The molecule has 0 saturated heterocycles. The molecule has 0 saturated carbocycles. The molecule has 0 aliphatic rings. The van der Waals surface area contributed by atoms with Crippen LogP contribution >= 0.6 is 23.4 Å². The highest BCUT2D eigenvalue weighted by molar-refractivity contribution is 7.99. The van der Waals surface area contributed by atoms with E-state index in [1.165, 1.54) is 0 Å². The highest BCUT2D eigenvalue weighted by Gasteiger charge is 2.00. The lowest BCUT2D eigenvalue weighted by Gasteiger charge is -2.07. The normalized spacial score (nSPS) is 12.7. The van der Waals surface area contributed by atoms with Crippen molar-refractivity contribution >= 4 is 23.4 Å². The topological polar surface area (TPSA) is 22.0 Å². The lowest BCUT2D eigenvalue weighted by Crippen LogP contribution is -2.19. The van der Waals surface area contributed by atoms with E-state index in [0.717, 1.165) is 18.1 Å². The zero-order chi connectivity index (χ0) is 11.1. The molecular weight excluding hydrogens is 230 g/mol. The first kappa shape index (κ1) is 12.7.